The van der Waals surface area contributed by atoms with Crippen molar-refractivity contribution in [1.82, 2.24) is 29.9 Å². The molecule has 7 aromatic rings. The van der Waals surface area contributed by atoms with E-state index >= 15 is 0 Å². The Labute approximate surface area is 390 Å². The smallest absolute Gasteiger partial charge is 0.872 e. The fourth-order valence-electron chi connectivity index (χ4n) is 4.43. The zero-order valence-electron chi connectivity index (χ0n) is 33.2. The molecule has 7 rings (SSSR count). The van der Waals surface area contributed by atoms with E-state index in [2.05, 4.69) is 29.9 Å². The second-order valence-electron chi connectivity index (χ2n) is 10.1. The van der Waals surface area contributed by atoms with E-state index in [0.717, 1.165) is 12.1 Å². The molecule has 0 aliphatic rings. The Morgan fingerprint density at radius 3 is 0.708 bits per heavy atom. The van der Waals surface area contributed by atoms with E-state index < -0.39 is 11.9 Å². The molecule has 6 aromatic heterocycles. The summed E-state index contributed by atoms with van der Waals surface area (Å²) < 4.78 is 0. The van der Waals surface area contributed by atoms with Crippen LogP contribution in [0.4, 0.5) is 0 Å². The van der Waals surface area contributed by atoms with Crippen molar-refractivity contribution in [2.24, 2.45) is 0 Å². The number of aromatic carboxylic acids is 2. The first kappa shape index (κ1) is 85.5. The van der Waals surface area contributed by atoms with E-state index in [1.165, 1.54) is 36.4 Å². The number of hydrogen-bond donors (Lipinski definition) is 0. The second-order valence-corrected chi connectivity index (χ2v) is 10.1. The minimum absolute atomic E-state index is 0. The van der Waals surface area contributed by atoms with Gasteiger partial charge < -0.3 is 101 Å². The van der Waals surface area contributed by atoms with Crippen LogP contribution >= 0.6 is 0 Å². The molecule has 65 heavy (non-hydrogen) atoms. The fourth-order valence-corrected chi connectivity index (χ4v) is 4.43. The van der Waals surface area contributed by atoms with Crippen LogP contribution in [0.1, 0.15) is 20.7 Å². The Balaban J connectivity index is -0.0000000684. The number of carboxylic acids is 2. The minimum atomic E-state index is -1.52. The van der Waals surface area contributed by atoms with Gasteiger partial charge in [-0.1, -0.05) is 48.5 Å². The molecular formula is C38H51Cu2N6O19+. The van der Waals surface area contributed by atoms with Gasteiger partial charge >= 0.3 is 34.1 Å². The van der Waals surface area contributed by atoms with Crippen LogP contribution in [0, 0.1) is 0 Å². The van der Waals surface area contributed by atoms with Gasteiger partial charge in [0.05, 0.1) is 57.5 Å². The Morgan fingerprint density at radius 1 is 0.338 bits per heavy atom. The molecule has 0 bridgehead atoms. The molecule has 0 fully saturated rings. The summed E-state index contributed by atoms with van der Waals surface area (Å²) in [5.41, 5.74) is 4.24. The predicted octanol–water partition coefficient (Wildman–Crippen LogP) is -7.85. The van der Waals surface area contributed by atoms with Gasteiger partial charge in [-0.25, -0.2) is 9.97 Å². The first-order valence-electron chi connectivity index (χ1n) is 14.8. The van der Waals surface area contributed by atoms with Crippen LogP contribution in [-0.4, -0.2) is 108 Å². The normalized spacial score (nSPS) is 7.75. The van der Waals surface area contributed by atoms with Gasteiger partial charge in [0.2, 0.25) is 0 Å². The summed E-state index contributed by atoms with van der Waals surface area (Å²) in [6.07, 6.45) is 6.70. The molecule has 2 radical (unpaired) electrons. The summed E-state index contributed by atoms with van der Waals surface area (Å²) in [6.45, 7) is 0. The molecule has 0 spiro atoms. The third kappa shape index (κ3) is 24.6. The number of nitrogens with zero attached hydrogens (tertiary/aromatic N) is 6. The Bertz CT molecular complexity index is 1960. The van der Waals surface area contributed by atoms with Crippen LogP contribution in [0.3, 0.4) is 0 Å². The van der Waals surface area contributed by atoms with Crippen molar-refractivity contribution >= 4 is 11.9 Å². The average molecular weight is 1020 g/mol. The van der Waals surface area contributed by atoms with Crippen LogP contribution in [-0.2, 0) is 39.6 Å². The molecule has 0 amide bonds. The monoisotopic (exact) mass is 1020 g/mol. The summed E-state index contributed by atoms with van der Waals surface area (Å²) in [5.74, 6) is -3.24. The van der Waals surface area contributed by atoms with Crippen molar-refractivity contribution in [2.45, 2.75) is 0 Å². The molecule has 1 aromatic carbocycles. The topological polar surface area (TPSA) is 615 Å². The average Bonchev–Trinajstić information content (AvgIpc) is 3.16. The van der Waals surface area contributed by atoms with E-state index in [9.17, 15) is 30.0 Å². The fraction of sp³-hybridized carbons (Fsp3) is 0. The van der Waals surface area contributed by atoms with Gasteiger partial charge in [0.1, 0.15) is 0 Å². The minimum Gasteiger partial charge on any atom is -0.872 e. The maximum atomic E-state index is 11.8. The molecule has 27 N–H and O–H groups in total. The molecule has 368 valence electrons. The van der Waals surface area contributed by atoms with Crippen LogP contribution in [0.5, 0.6) is 11.5 Å². The maximum Gasteiger partial charge on any atom is 2.00 e. The van der Waals surface area contributed by atoms with Gasteiger partial charge in [-0.2, -0.15) is 0 Å². The summed E-state index contributed by atoms with van der Waals surface area (Å²) in [5, 5.41) is 44.2. The first-order chi connectivity index (χ1) is 24.3. The molecule has 0 atom stereocenters. The van der Waals surface area contributed by atoms with Crippen molar-refractivity contribution < 1.29 is 135 Å². The maximum absolute atomic E-state index is 11.8. The number of aromatic nitrogens is 6. The zero-order valence-corrected chi connectivity index (χ0v) is 35.1. The summed E-state index contributed by atoms with van der Waals surface area (Å²) in [7, 11) is 0. The summed E-state index contributed by atoms with van der Waals surface area (Å²) >= 11 is 0. The Hall–Kier alpha value is -6.82. The second kappa shape index (κ2) is 42.5. The van der Waals surface area contributed by atoms with E-state index in [1.54, 1.807) is 24.8 Å². The molecule has 6 heterocycles. The molecule has 27 heteroatoms. The summed E-state index contributed by atoms with van der Waals surface area (Å²) in [6, 6.07) is 33.1. The van der Waals surface area contributed by atoms with Crippen LogP contribution < -0.4 is 20.4 Å². The number of carbonyl (C=O) groups is 2. The van der Waals surface area contributed by atoms with Crippen LogP contribution in [0.25, 0.3) is 45.6 Å². The van der Waals surface area contributed by atoms with Gasteiger partial charge in [0.25, 0.3) is 0 Å². The van der Waals surface area contributed by atoms with E-state index in [-0.39, 0.29) is 128 Å². The van der Waals surface area contributed by atoms with Gasteiger partial charge in [-0.3, -0.25) is 19.9 Å². The largest absolute Gasteiger partial charge is 2.00 e. The quantitative estimate of drug-likeness (QED) is 0.111. The number of benzene rings is 1. The molecule has 25 nitrogen and oxygen atoms in total. The number of hydrogen-bond acceptors (Lipinski definition) is 12. The van der Waals surface area contributed by atoms with Crippen molar-refractivity contribution in [3.05, 3.63) is 157 Å². The predicted molar refractivity (Wildman–Crippen MR) is 224 cm³/mol. The molecule has 0 aliphatic heterocycles. The van der Waals surface area contributed by atoms with E-state index in [4.69, 9.17) is 0 Å². The molecule has 0 aliphatic carbocycles. The van der Waals surface area contributed by atoms with Gasteiger partial charge in [0, 0.05) is 35.9 Å². The third-order valence-electron chi connectivity index (χ3n) is 6.67. The number of pyridine rings is 6. The summed E-state index contributed by atoms with van der Waals surface area (Å²) in [4.78, 5) is 46.4. The van der Waals surface area contributed by atoms with Gasteiger partial charge in [0.15, 0.2) is 0 Å². The standard InChI is InChI=1S/2C15H11N3O.C8H6O4.2Cu.13H2O/c2*19-11-9-14(12-5-1-3-7-16-12)18-15(10-11)13-6-2-4-8-17-13;9-7(10)5-3-1-2-4-6(5)8(11)12;;;;;;;;;;;;;;;/h2*1-10H,(H,18,19);1-4H,(H,9,10)(H,11,12);;;13*1H2/q;;;2*+2;;;;;;;;;;;;;/p-3. The Kier molecular flexibility index (Phi) is 55.8. The van der Waals surface area contributed by atoms with Gasteiger partial charge in [-0.15, -0.1) is 11.5 Å². The molecular weight excluding hydrogens is 972 g/mol. The number of rotatable bonds is 6. The van der Waals surface area contributed by atoms with Crippen molar-refractivity contribution in [3.63, 3.8) is 0 Å². The van der Waals surface area contributed by atoms with Crippen molar-refractivity contribution in [1.29, 1.82) is 0 Å². The van der Waals surface area contributed by atoms with E-state index in [1.807, 2.05) is 72.8 Å². The molecule has 0 saturated carbocycles. The first-order valence-corrected chi connectivity index (χ1v) is 14.8. The van der Waals surface area contributed by atoms with Crippen molar-refractivity contribution in [3.8, 4) is 57.1 Å². The third-order valence-corrected chi connectivity index (χ3v) is 6.67. The number of carbonyl (C=O) groups excluding carboxylic acids is 2. The van der Waals surface area contributed by atoms with Crippen molar-refractivity contribution in [2.75, 3.05) is 0 Å². The molecule has 0 unspecified atom stereocenters. The van der Waals surface area contributed by atoms with Crippen LogP contribution in [0.15, 0.2) is 146 Å². The SMILES string of the molecule is O.O.O.O.O.O.O.O.O.O.O.O.O=C([O-])c1ccccc1C(=O)[O-].[Cu+2].[Cu+2].[O-]c1cc(-c2ccccn2)nc(-c2ccccn2)c1.[O-]c1cc(-c2ccccn2)nc(-c2ccccn2)c1.[OH3+]. The number of carboxylic acid groups (broad SMARTS) is 2. The molecule has 0 saturated heterocycles. The van der Waals surface area contributed by atoms with E-state index in [0.29, 0.717) is 45.6 Å². The zero-order chi connectivity index (χ0) is 35.3. The van der Waals surface area contributed by atoms with Crippen LogP contribution in [0.2, 0.25) is 0 Å². The van der Waals surface area contributed by atoms with Gasteiger partial charge in [-0.05, 0) is 72.8 Å². The Morgan fingerprint density at radius 2 is 0.538 bits per heavy atom.